The van der Waals surface area contributed by atoms with Gasteiger partial charge in [-0.1, -0.05) is 62.3 Å². The highest BCUT2D eigenvalue weighted by molar-refractivity contribution is 5.90. The number of carbonyl (C=O) groups is 8. The van der Waals surface area contributed by atoms with Crippen LogP contribution in [0.25, 0.3) is 0 Å². The zero-order valence-corrected chi connectivity index (χ0v) is 37.1. The molecule has 16 heteroatoms. The van der Waals surface area contributed by atoms with Crippen molar-refractivity contribution in [2.45, 2.75) is 143 Å². The van der Waals surface area contributed by atoms with Crippen LogP contribution in [0.1, 0.15) is 108 Å². The number of likely N-dealkylation sites (N-methyl/N-ethyl adjacent to an activating group) is 5. The highest BCUT2D eigenvalue weighted by Crippen LogP contribution is 2.27. The number of nitrogens with zero attached hydrogens (tertiary/aromatic N) is 4. The lowest BCUT2D eigenvalue weighted by Crippen LogP contribution is -2.75. The quantitative estimate of drug-likeness (QED) is 0.0696. The minimum atomic E-state index is -1.82. The van der Waals surface area contributed by atoms with Crippen molar-refractivity contribution < 1.29 is 38.4 Å². The van der Waals surface area contributed by atoms with Gasteiger partial charge in [-0.3, -0.25) is 59.6 Å². The SMILES string of the molecule is CCCC(=O)N(C)CC(=O)N(C)C(C=O)(CC(C)C)NC(C(=O)N(C)C(C=O)(CC(C)C)NC(C)(C=O)NC(C)C(=O)N(C)C(C=O)(CC(C)C)NC)C(C)C. The highest BCUT2D eigenvalue weighted by atomic mass is 16.2. The second-order valence-electron chi connectivity index (χ2n) is 17.1. The number of aldehydes is 4. The normalized spacial score (nSPS) is 17.1. The van der Waals surface area contributed by atoms with E-state index in [4.69, 9.17) is 0 Å². The molecule has 0 saturated heterocycles. The molecule has 0 saturated carbocycles. The van der Waals surface area contributed by atoms with Crippen LogP contribution in [-0.4, -0.2) is 145 Å². The van der Waals surface area contributed by atoms with E-state index in [1.807, 2.05) is 48.5 Å². The zero-order valence-electron chi connectivity index (χ0n) is 37.1. The summed E-state index contributed by atoms with van der Waals surface area (Å²) in [5.41, 5.74) is -6.57. The fraction of sp³-hybridized carbons (Fsp3) is 0.800. The average Bonchev–Trinajstić information content (AvgIpc) is 3.12. The second kappa shape index (κ2) is 22.4. The van der Waals surface area contributed by atoms with Gasteiger partial charge in [0.15, 0.2) is 36.5 Å². The predicted molar refractivity (Wildman–Crippen MR) is 217 cm³/mol. The summed E-state index contributed by atoms with van der Waals surface area (Å²) in [6, 6.07) is -2.18. The summed E-state index contributed by atoms with van der Waals surface area (Å²) >= 11 is 0. The third-order valence-corrected chi connectivity index (χ3v) is 10.2. The maximum atomic E-state index is 14.7. The number of carbonyl (C=O) groups excluding carboxylic acids is 8. The van der Waals surface area contributed by atoms with Crippen LogP contribution in [0.2, 0.25) is 0 Å². The van der Waals surface area contributed by atoms with Crippen molar-refractivity contribution in [3.8, 4) is 0 Å². The zero-order chi connectivity index (χ0) is 44.0. The van der Waals surface area contributed by atoms with E-state index in [-0.39, 0.29) is 49.5 Å². The van der Waals surface area contributed by atoms with Gasteiger partial charge in [0.05, 0.1) is 18.6 Å². The summed E-state index contributed by atoms with van der Waals surface area (Å²) < 4.78 is 0. The molecule has 0 aliphatic heterocycles. The predicted octanol–water partition coefficient (Wildman–Crippen LogP) is 1.76. The van der Waals surface area contributed by atoms with Crippen molar-refractivity contribution in [1.29, 1.82) is 0 Å². The first kappa shape index (κ1) is 52.4. The van der Waals surface area contributed by atoms with Crippen LogP contribution in [0.5, 0.6) is 0 Å². The molecule has 0 aliphatic rings. The van der Waals surface area contributed by atoms with Gasteiger partial charge in [-0.05, 0) is 70.3 Å². The molecule has 0 aromatic heterocycles. The molecule has 0 aromatic carbocycles. The Morgan fingerprint density at radius 2 is 1.05 bits per heavy atom. The molecule has 4 N–H and O–H groups in total. The maximum Gasteiger partial charge on any atom is 0.243 e. The minimum absolute atomic E-state index is 0.0423. The fourth-order valence-corrected chi connectivity index (χ4v) is 7.10. The molecular formula is C40H74N8O8. The highest BCUT2D eigenvalue weighted by Gasteiger charge is 2.49. The van der Waals surface area contributed by atoms with Gasteiger partial charge < -0.3 is 19.6 Å². The van der Waals surface area contributed by atoms with Crippen LogP contribution in [0, 0.1) is 23.7 Å². The molecule has 0 heterocycles. The lowest BCUT2D eigenvalue weighted by Gasteiger charge is -2.48. The summed E-state index contributed by atoms with van der Waals surface area (Å²) in [7, 11) is 7.46. The molecule has 6 unspecified atom stereocenters. The first-order chi connectivity index (χ1) is 25.8. The molecule has 56 heavy (non-hydrogen) atoms. The molecule has 0 aliphatic carbocycles. The fourth-order valence-electron chi connectivity index (χ4n) is 7.10. The van der Waals surface area contributed by atoms with Gasteiger partial charge in [0.2, 0.25) is 23.6 Å². The Hall–Kier alpha value is -3.60. The molecule has 0 bridgehead atoms. The third kappa shape index (κ3) is 13.5. The van der Waals surface area contributed by atoms with Crippen LogP contribution >= 0.6 is 0 Å². The van der Waals surface area contributed by atoms with Crippen LogP contribution in [0.15, 0.2) is 0 Å². The molecule has 0 rings (SSSR count). The first-order valence-corrected chi connectivity index (χ1v) is 19.7. The van der Waals surface area contributed by atoms with Crippen molar-refractivity contribution in [3.05, 3.63) is 0 Å². The standard InChI is InChI=1S/C40H74N8O8/c1-17-18-32(53)45(13)22-33(54)46(14)39(25-51,20-28(4)5)43-34(30(8)9)36(56)48(16)40(26-52,21-29(6)7)44-37(11,23-49)42-31(10)35(55)47(15)38(24-50,41-12)19-27(2)3/h23-31,34,41-44H,17-22H2,1-16H3. The molecule has 4 amide bonds. The third-order valence-electron chi connectivity index (χ3n) is 10.2. The lowest BCUT2D eigenvalue weighted by atomic mass is 9.90. The van der Waals surface area contributed by atoms with Gasteiger partial charge in [0.1, 0.15) is 11.3 Å². The van der Waals surface area contributed by atoms with E-state index in [9.17, 15) is 38.4 Å². The molecule has 0 fully saturated rings. The summed E-state index contributed by atoms with van der Waals surface area (Å²) in [6.07, 6.45) is 3.68. The topological polar surface area (TPSA) is 198 Å². The largest absolute Gasteiger partial charge is 0.336 e. The van der Waals surface area contributed by atoms with Crippen molar-refractivity contribution >= 4 is 48.8 Å². The van der Waals surface area contributed by atoms with Crippen LogP contribution in [0.4, 0.5) is 0 Å². The van der Waals surface area contributed by atoms with Gasteiger partial charge in [0.25, 0.3) is 0 Å². The van der Waals surface area contributed by atoms with Crippen LogP contribution in [-0.2, 0) is 38.4 Å². The van der Waals surface area contributed by atoms with E-state index in [1.54, 1.807) is 20.9 Å². The van der Waals surface area contributed by atoms with E-state index in [2.05, 4.69) is 21.3 Å². The summed E-state index contributed by atoms with van der Waals surface area (Å²) in [6.45, 7) is 19.4. The Balaban J connectivity index is 7.01. The molecular weight excluding hydrogens is 720 g/mol. The van der Waals surface area contributed by atoms with E-state index in [0.29, 0.717) is 38.0 Å². The molecule has 0 spiro atoms. The van der Waals surface area contributed by atoms with Crippen LogP contribution in [0.3, 0.4) is 0 Å². The number of rotatable bonds is 27. The molecule has 16 nitrogen and oxygen atoms in total. The Labute approximate surface area is 336 Å². The van der Waals surface area contributed by atoms with Gasteiger partial charge in [-0.2, -0.15) is 0 Å². The van der Waals surface area contributed by atoms with Crippen molar-refractivity contribution in [2.75, 3.05) is 41.8 Å². The number of amides is 4. The second-order valence-corrected chi connectivity index (χ2v) is 17.1. The van der Waals surface area contributed by atoms with E-state index in [1.165, 1.54) is 61.6 Å². The van der Waals surface area contributed by atoms with Gasteiger partial charge in [-0.25, -0.2) is 0 Å². The van der Waals surface area contributed by atoms with Gasteiger partial charge >= 0.3 is 0 Å². The van der Waals surface area contributed by atoms with E-state index < -0.39 is 58.4 Å². The summed E-state index contributed by atoms with van der Waals surface area (Å²) in [4.78, 5) is 111. The van der Waals surface area contributed by atoms with Crippen molar-refractivity contribution in [2.24, 2.45) is 23.7 Å². The van der Waals surface area contributed by atoms with Crippen LogP contribution < -0.4 is 21.3 Å². The number of hydrogen-bond donors (Lipinski definition) is 4. The van der Waals surface area contributed by atoms with Crippen molar-refractivity contribution in [3.63, 3.8) is 0 Å². The van der Waals surface area contributed by atoms with E-state index >= 15 is 0 Å². The Kier molecular flexibility index (Phi) is 20.9. The molecule has 322 valence electrons. The Morgan fingerprint density at radius 3 is 1.45 bits per heavy atom. The number of nitrogens with one attached hydrogen (secondary N) is 4. The van der Waals surface area contributed by atoms with E-state index in [0.717, 1.165) is 0 Å². The Bertz CT molecular complexity index is 1360. The molecule has 0 radical (unpaired) electrons. The lowest BCUT2D eigenvalue weighted by molar-refractivity contribution is -0.153. The van der Waals surface area contributed by atoms with Crippen molar-refractivity contribution in [1.82, 2.24) is 40.9 Å². The molecule has 6 atom stereocenters. The first-order valence-electron chi connectivity index (χ1n) is 19.7. The minimum Gasteiger partial charge on any atom is -0.336 e. The summed E-state index contributed by atoms with van der Waals surface area (Å²) in [5, 5.41) is 12.2. The maximum absolute atomic E-state index is 14.7. The Morgan fingerprint density at radius 1 is 0.607 bits per heavy atom. The molecule has 0 aromatic rings. The monoisotopic (exact) mass is 795 g/mol. The smallest absolute Gasteiger partial charge is 0.243 e. The van der Waals surface area contributed by atoms with Gasteiger partial charge in [0, 0.05) is 34.6 Å². The number of hydrogen-bond acceptors (Lipinski definition) is 12. The van der Waals surface area contributed by atoms with Gasteiger partial charge in [-0.15, -0.1) is 0 Å². The average molecular weight is 795 g/mol. The summed E-state index contributed by atoms with van der Waals surface area (Å²) in [5.74, 6) is -2.59.